The number of sulfone groups is 1. The average molecular weight is 457 g/mol. The van der Waals surface area contributed by atoms with Crippen molar-refractivity contribution >= 4 is 27.7 Å². The molecule has 170 valence electrons. The molecule has 0 radical (unpaired) electrons. The van der Waals surface area contributed by atoms with Crippen molar-refractivity contribution in [3.05, 3.63) is 35.4 Å². The lowest BCUT2D eigenvalue weighted by molar-refractivity contribution is -0.140. The summed E-state index contributed by atoms with van der Waals surface area (Å²) in [6, 6.07) is 1.13. The Morgan fingerprint density at radius 3 is 2.58 bits per heavy atom. The number of benzene rings is 1. The van der Waals surface area contributed by atoms with Gasteiger partial charge in [0, 0.05) is 18.2 Å². The molecule has 2 heterocycles. The minimum absolute atomic E-state index is 0.0282. The van der Waals surface area contributed by atoms with Crippen molar-refractivity contribution in [3.8, 4) is 0 Å². The lowest BCUT2D eigenvalue weighted by Crippen LogP contribution is -2.49. The molecule has 0 spiro atoms. The molecule has 2 aliphatic rings. The van der Waals surface area contributed by atoms with Gasteiger partial charge < -0.3 is 10.2 Å². The Balaban J connectivity index is 1.83. The van der Waals surface area contributed by atoms with Gasteiger partial charge in [-0.3, -0.25) is 14.5 Å². The van der Waals surface area contributed by atoms with E-state index in [9.17, 15) is 31.6 Å². The molecule has 2 atom stereocenters. The summed E-state index contributed by atoms with van der Waals surface area (Å²) >= 11 is 0. The van der Waals surface area contributed by atoms with Gasteiger partial charge in [-0.15, -0.1) is 0 Å². The first-order valence-corrected chi connectivity index (χ1v) is 11.8. The van der Waals surface area contributed by atoms with E-state index in [-0.39, 0.29) is 36.0 Å². The maximum Gasteiger partial charge on any atom is 0.325 e. The molecule has 4 amide bonds. The Morgan fingerprint density at radius 2 is 2.00 bits per heavy atom. The highest BCUT2D eigenvalue weighted by Crippen LogP contribution is 2.31. The zero-order valence-electron chi connectivity index (χ0n) is 17.5. The fourth-order valence-corrected chi connectivity index (χ4v) is 5.73. The predicted octanol–water partition coefficient (Wildman–Crippen LogP) is 1.40. The zero-order valence-corrected chi connectivity index (χ0v) is 18.3. The fraction of sp³-hybridized carbons (Fsp3) is 0.550. The van der Waals surface area contributed by atoms with Crippen molar-refractivity contribution in [2.45, 2.75) is 38.8 Å². The molecule has 31 heavy (non-hydrogen) atoms. The SMILES string of the molecule is CC(C)CN(C(=O)CN1C(=O)NC(C)(c2cc(F)ccc2F)C1=O)C1CCS(=O)(=O)C1. The molecule has 0 bridgehead atoms. The Labute approximate surface area is 179 Å². The summed E-state index contributed by atoms with van der Waals surface area (Å²) in [7, 11) is -3.25. The summed E-state index contributed by atoms with van der Waals surface area (Å²) < 4.78 is 51.7. The molecule has 0 saturated carbocycles. The van der Waals surface area contributed by atoms with Crippen LogP contribution in [0, 0.1) is 17.6 Å². The number of hydrogen-bond acceptors (Lipinski definition) is 5. The van der Waals surface area contributed by atoms with Crippen LogP contribution in [0.3, 0.4) is 0 Å². The van der Waals surface area contributed by atoms with Gasteiger partial charge in [0.2, 0.25) is 5.91 Å². The summed E-state index contributed by atoms with van der Waals surface area (Å²) in [4.78, 5) is 40.5. The van der Waals surface area contributed by atoms with E-state index in [1.165, 1.54) is 11.8 Å². The van der Waals surface area contributed by atoms with Crippen molar-refractivity contribution in [3.63, 3.8) is 0 Å². The Kier molecular flexibility index (Phi) is 6.09. The third kappa shape index (κ3) is 4.56. The van der Waals surface area contributed by atoms with Crippen LogP contribution in [0.2, 0.25) is 0 Å². The van der Waals surface area contributed by atoms with Crippen LogP contribution >= 0.6 is 0 Å². The van der Waals surface area contributed by atoms with E-state index in [0.717, 1.165) is 18.2 Å². The second-order valence-corrected chi connectivity index (χ2v) is 10.8. The molecule has 2 fully saturated rings. The number of nitrogens with one attached hydrogen (secondary N) is 1. The lowest BCUT2D eigenvalue weighted by Gasteiger charge is -2.31. The van der Waals surface area contributed by atoms with Crippen LogP contribution < -0.4 is 5.32 Å². The number of nitrogens with zero attached hydrogens (tertiary/aromatic N) is 2. The molecule has 8 nitrogen and oxygen atoms in total. The van der Waals surface area contributed by atoms with Gasteiger partial charge in [-0.2, -0.15) is 0 Å². The number of rotatable bonds is 6. The molecule has 1 aromatic carbocycles. The number of halogens is 2. The zero-order chi connectivity index (χ0) is 23.1. The van der Waals surface area contributed by atoms with Crippen molar-refractivity contribution in [1.82, 2.24) is 15.1 Å². The predicted molar refractivity (Wildman–Crippen MR) is 108 cm³/mol. The number of imide groups is 1. The number of urea groups is 1. The average Bonchev–Trinajstić information content (AvgIpc) is 3.13. The molecule has 2 saturated heterocycles. The summed E-state index contributed by atoms with van der Waals surface area (Å²) in [5, 5.41) is 2.35. The fourth-order valence-electron chi connectivity index (χ4n) is 4.00. The van der Waals surface area contributed by atoms with Crippen molar-refractivity contribution in [2.75, 3.05) is 24.6 Å². The molecule has 2 unspecified atom stereocenters. The Morgan fingerprint density at radius 1 is 1.32 bits per heavy atom. The summed E-state index contributed by atoms with van der Waals surface area (Å²) in [6.45, 7) is 4.60. The van der Waals surface area contributed by atoms with Crippen molar-refractivity contribution < 1.29 is 31.6 Å². The quantitative estimate of drug-likeness (QED) is 0.651. The minimum Gasteiger partial charge on any atom is -0.337 e. The van der Waals surface area contributed by atoms with E-state index in [0.29, 0.717) is 4.90 Å². The second kappa shape index (κ2) is 8.18. The molecule has 1 aromatic rings. The first-order chi connectivity index (χ1) is 14.3. The standard InChI is InChI=1S/C20H25F2N3O5S/c1-12(2)9-24(14-6-7-31(29,30)11-14)17(26)10-25-18(27)20(3,23-19(25)28)15-8-13(21)4-5-16(15)22/h4-5,8,12,14H,6-7,9-11H2,1-3H3,(H,23,28). The van der Waals surface area contributed by atoms with Crippen LogP contribution in [-0.2, 0) is 25.0 Å². The smallest absolute Gasteiger partial charge is 0.325 e. The topological polar surface area (TPSA) is 104 Å². The molecule has 0 aliphatic carbocycles. The van der Waals surface area contributed by atoms with E-state index in [4.69, 9.17) is 0 Å². The Bertz CT molecular complexity index is 1030. The molecule has 11 heteroatoms. The van der Waals surface area contributed by atoms with Crippen LogP contribution in [0.15, 0.2) is 18.2 Å². The monoisotopic (exact) mass is 457 g/mol. The highest BCUT2D eigenvalue weighted by Gasteiger charge is 2.51. The molecule has 3 rings (SSSR count). The highest BCUT2D eigenvalue weighted by molar-refractivity contribution is 7.91. The normalized spacial score (nSPS) is 25.2. The van der Waals surface area contributed by atoms with Gasteiger partial charge >= 0.3 is 6.03 Å². The van der Waals surface area contributed by atoms with E-state index in [1.54, 1.807) is 0 Å². The number of carbonyl (C=O) groups is 3. The van der Waals surface area contributed by atoms with Crippen LogP contribution in [-0.4, -0.2) is 66.7 Å². The molecule has 2 aliphatic heterocycles. The molecular formula is C20H25F2N3O5S. The Hall–Kier alpha value is -2.56. The third-order valence-electron chi connectivity index (χ3n) is 5.57. The second-order valence-electron chi connectivity index (χ2n) is 8.57. The summed E-state index contributed by atoms with van der Waals surface area (Å²) in [5.41, 5.74) is -2.22. The van der Waals surface area contributed by atoms with Crippen LogP contribution in [0.4, 0.5) is 13.6 Å². The lowest BCUT2D eigenvalue weighted by atomic mass is 9.91. The number of hydrogen-bond donors (Lipinski definition) is 1. The van der Waals surface area contributed by atoms with Crippen molar-refractivity contribution in [2.24, 2.45) is 5.92 Å². The minimum atomic E-state index is -3.25. The first-order valence-electron chi connectivity index (χ1n) is 9.93. The largest absolute Gasteiger partial charge is 0.337 e. The van der Waals surface area contributed by atoms with Gasteiger partial charge in [-0.05, 0) is 37.5 Å². The molecule has 1 N–H and O–H groups in total. The first kappa shape index (κ1) is 23.1. The van der Waals surface area contributed by atoms with Crippen LogP contribution in [0.5, 0.6) is 0 Å². The number of amides is 4. The van der Waals surface area contributed by atoms with Gasteiger partial charge in [0.1, 0.15) is 23.7 Å². The third-order valence-corrected chi connectivity index (χ3v) is 7.32. The maximum atomic E-state index is 14.3. The highest BCUT2D eigenvalue weighted by atomic mass is 32.2. The van der Waals surface area contributed by atoms with E-state index in [1.807, 2.05) is 13.8 Å². The van der Waals surface area contributed by atoms with Crippen LogP contribution in [0.25, 0.3) is 0 Å². The van der Waals surface area contributed by atoms with E-state index >= 15 is 0 Å². The number of carbonyl (C=O) groups excluding carboxylic acids is 3. The van der Waals surface area contributed by atoms with Gasteiger partial charge in [-0.25, -0.2) is 22.0 Å². The van der Waals surface area contributed by atoms with E-state index in [2.05, 4.69) is 5.32 Å². The van der Waals surface area contributed by atoms with E-state index < -0.39 is 57.4 Å². The summed E-state index contributed by atoms with van der Waals surface area (Å²) in [5.74, 6) is -3.29. The van der Waals surface area contributed by atoms with Gasteiger partial charge in [0.25, 0.3) is 5.91 Å². The summed E-state index contributed by atoms with van der Waals surface area (Å²) in [6.07, 6.45) is 0.285. The van der Waals surface area contributed by atoms with Gasteiger partial charge in [0.15, 0.2) is 9.84 Å². The van der Waals surface area contributed by atoms with Gasteiger partial charge in [-0.1, -0.05) is 13.8 Å². The van der Waals surface area contributed by atoms with Crippen molar-refractivity contribution in [1.29, 1.82) is 0 Å². The maximum absolute atomic E-state index is 14.3. The van der Waals surface area contributed by atoms with Gasteiger partial charge in [0.05, 0.1) is 11.5 Å². The molecular weight excluding hydrogens is 432 g/mol. The molecule has 0 aromatic heterocycles. The van der Waals surface area contributed by atoms with Crippen LogP contribution in [0.1, 0.15) is 32.8 Å².